The first-order valence-corrected chi connectivity index (χ1v) is 10.8. The van der Waals surface area contributed by atoms with Gasteiger partial charge in [-0.2, -0.15) is 0 Å². The molecule has 1 aliphatic carbocycles. The molecule has 2 aliphatic heterocycles. The summed E-state index contributed by atoms with van der Waals surface area (Å²) < 4.78 is 0. The highest BCUT2D eigenvalue weighted by molar-refractivity contribution is 6.33. The third-order valence-corrected chi connectivity index (χ3v) is 6.75. The Bertz CT molecular complexity index is 633. The third kappa shape index (κ3) is 4.58. The normalized spacial score (nSPS) is 23.1. The van der Waals surface area contributed by atoms with Gasteiger partial charge in [-0.25, -0.2) is 0 Å². The van der Waals surface area contributed by atoms with Crippen molar-refractivity contribution in [2.75, 3.05) is 63.8 Å². The number of amides is 1. The molecule has 6 heteroatoms. The summed E-state index contributed by atoms with van der Waals surface area (Å²) in [5.74, 6) is 0.298. The number of piperazine rings is 2. The zero-order valence-electron chi connectivity index (χ0n) is 16.2. The summed E-state index contributed by atoms with van der Waals surface area (Å²) in [6.07, 6.45) is 5.46. The van der Waals surface area contributed by atoms with Crippen LogP contribution in [-0.2, 0) is 4.79 Å². The second-order valence-electron chi connectivity index (χ2n) is 8.07. The van der Waals surface area contributed by atoms with E-state index in [1.807, 2.05) is 18.2 Å². The average molecular weight is 391 g/mol. The molecule has 5 nitrogen and oxygen atoms in total. The largest absolute Gasteiger partial charge is 0.368 e. The van der Waals surface area contributed by atoms with E-state index in [1.54, 1.807) is 0 Å². The van der Waals surface area contributed by atoms with Gasteiger partial charge < -0.3 is 9.80 Å². The summed E-state index contributed by atoms with van der Waals surface area (Å²) in [5.41, 5.74) is 1.10. The van der Waals surface area contributed by atoms with Crippen LogP contribution in [0.25, 0.3) is 0 Å². The van der Waals surface area contributed by atoms with Crippen molar-refractivity contribution in [3.63, 3.8) is 0 Å². The first kappa shape index (κ1) is 19.0. The van der Waals surface area contributed by atoms with E-state index in [-0.39, 0.29) is 0 Å². The third-order valence-electron chi connectivity index (χ3n) is 6.43. The predicted octanol–water partition coefficient (Wildman–Crippen LogP) is 2.55. The van der Waals surface area contributed by atoms with Crippen LogP contribution in [0.15, 0.2) is 24.3 Å². The van der Waals surface area contributed by atoms with Crippen LogP contribution in [0.4, 0.5) is 5.69 Å². The van der Waals surface area contributed by atoms with E-state index in [0.29, 0.717) is 12.5 Å². The number of hydrogen-bond acceptors (Lipinski definition) is 4. The first-order chi connectivity index (χ1) is 13.2. The van der Waals surface area contributed by atoms with Crippen LogP contribution in [0.5, 0.6) is 0 Å². The highest BCUT2D eigenvalue weighted by Crippen LogP contribution is 2.26. The molecule has 0 spiro atoms. The van der Waals surface area contributed by atoms with Crippen LogP contribution < -0.4 is 4.90 Å². The Labute approximate surface area is 167 Å². The van der Waals surface area contributed by atoms with Gasteiger partial charge in [0.15, 0.2) is 0 Å². The monoisotopic (exact) mass is 390 g/mol. The van der Waals surface area contributed by atoms with Gasteiger partial charge in [-0.3, -0.25) is 14.6 Å². The Kier molecular flexibility index (Phi) is 6.21. The zero-order chi connectivity index (χ0) is 18.6. The molecular formula is C21H31ClN4O. The summed E-state index contributed by atoms with van der Waals surface area (Å²) in [6, 6.07) is 8.79. The topological polar surface area (TPSA) is 30.0 Å². The molecule has 0 bridgehead atoms. The Balaban J connectivity index is 1.21. The highest BCUT2D eigenvalue weighted by atomic mass is 35.5. The molecule has 0 atom stereocenters. The molecule has 3 fully saturated rings. The van der Waals surface area contributed by atoms with Gasteiger partial charge in [0.2, 0.25) is 5.91 Å². The van der Waals surface area contributed by atoms with Gasteiger partial charge in [-0.1, -0.05) is 36.6 Å². The first-order valence-electron chi connectivity index (χ1n) is 10.4. The van der Waals surface area contributed by atoms with E-state index in [1.165, 1.54) is 25.7 Å². The van der Waals surface area contributed by atoms with Gasteiger partial charge in [-0.05, 0) is 25.0 Å². The van der Waals surface area contributed by atoms with E-state index >= 15 is 0 Å². The second-order valence-corrected chi connectivity index (χ2v) is 8.48. The summed E-state index contributed by atoms with van der Waals surface area (Å²) in [4.78, 5) is 22.0. The van der Waals surface area contributed by atoms with Crippen LogP contribution >= 0.6 is 11.6 Å². The van der Waals surface area contributed by atoms with Crippen molar-refractivity contribution in [2.45, 2.75) is 31.7 Å². The van der Waals surface area contributed by atoms with Crippen LogP contribution in [0.1, 0.15) is 25.7 Å². The van der Waals surface area contributed by atoms with Crippen molar-refractivity contribution in [3.8, 4) is 0 Å². The quantitative estimate of drug-likeness (QED) is 0.790. The van der Waals surface area contributed by atoms with Gasteiger partial charge in [0.25, 0.3) is 0 Å². The predicted molar refractivity (Wildman–Crippen MR) is 111 cm³/mol. The van der Waals surface area contributed by atoms with E-state index in [0.717, 1.165) is 69.1 Å². The SMILES string of the molecule is O=C(CN1CCN(c2ccccc2Cl)CC1)N1CCN(C2CCCC2)CC1. The second kappa shape index (κ2) is 8.80. The number of carbonyl (C=O) groups is 1. The van der Waals surface area contributed by atoms with Crippen LogP contribution in [-0.4, -0.2) is 85.6 Å². The molecule has 1 saturated carbocycles. The van der Waals surface area contributed by atoms with Crippen molar-refractivity contribution in [1.82, 2.24) is 14.7 Å². The fourth-order valence-corrected chi connectivity index (χ4v) is 5.01. The highest BCUT2D eigenvalue weighted by Gasteiger charge is 2.29. The molecule has 4 rings (SSSR count). The molecule has 0 radical (unpaired) electrons. The van der Waals surface area contributed by atoms with E-state index < -0.39 is 0 Å². The molecule has 0 unspecified atom stereocenters. The molecule has 1 amide bonds. The van der Waals surface area contributed by atoms with Gasteiger partial charge in [0.05, 0.1) is 17.3 Å². The number of nitrogens with zero attached hydrogens (tertiary/aromatic N) is 4. The minimum Gasteiger partial charge on any atom is -0.368 e. The summed E-state index contributed by atoms with van der Waals surface area (Å²) in [5, 5.41) is 0.808. The fraction of sp³-hybridized carbons (Fsp3) is 0.667. The summed E-state index contributed by atoms with van der Waals surface area (Å²) in [7, 11) is 0. The van der Waals surface area contributed by atoms with Crippen molar-refractivity contribution in [3.05, 3.63) is 29.3 Å². The van der Waals surface area contributed by atoms with Crippen molar-refractivity contribution < 1.29 is 4.79 Å². The number of para-hydroxylation sites is 1. The van der Waals surface area contributed by atoms with E-state index in [2.05, 4.69) is 25.7 Å². The molecule has 3 aliphatic rings. The van der Waals surface area contributed by atoms with Crippen LogP contribution in [0, 0.1) is 0 Å². The Morgan fingerprint density at radius 1 is 0.926 bits per heavy atom. The molecule has 2 saturated heterocycles. The van der Waals surface area contributed by atoms with Gasteiger partial charge in [0, 0.05) is 58.4 Å². The van der Waals surface area contributed by atoms with Crippen LogP contribution in [0.2, 0.25) is 5.02 Å². The maximum atomic E-state index is 12.7. The standard InChI is InChI=1S/C21H31ClN4O/c22-19-7-3-4-8-20(19)25-11-9-23(10-12-25)17-21(27)26-15-13-24(14-16-26)18-5-1-2-6-18/h3-4,7-8,18H,1-2,5-6,9-17H2. The number of carbonyl (C=O) groups excluding carboxylic acids is 1. The van der Waals surface area contributed by atoms with E-state index in [9.17, 15) is 4.79 Å². The number of hydrogen-bond donors (Lipinski definition) is 0. The summed E-state index contributed by atoms with van der Waals surface area (Å²) >= 11 is 6.32. The minimum absolute atomic E-state index is 0.298. The minimum atomic E-state index is 0.298. The van der Waals surface area contributed by atoms with Crippen LogP contribution in [0.3, 0.4) is 0 Å². The zero-order valence-corrected chi connectivity index (χ0v) is 16.9. The Hall–Kier alpha value is -1.30. The molecule has 148 valence electrons. The maximum absolute atomic E-state index is 12.7. The number of rotatable bonds is 4. The Morgan fingerprint density at radius 3 is 2.26 bits per heavy atom. The number of halogens is 1. The summed E-state index contributed by atoms with van der Waals surface area (Å²) in [6.45, 7) is 8.13. The average Bonchev–Trinajstić information content (AvgIpc) is 3.24. The maximum Gasteiger partial charge on any atom is 0.236 e. The smallest absolute Gasteiger partial charge is 0.236 e. The van der Waals surface area contributed by atoms with Crippen molar-refractivity contribution in [2.24, 2.45) is 0 Å². The lowest BCUT2D eigenvalue weighted by Gasteiger charge is -2.40. The van der Waals surface area contributed by atoms with Gasteiger partial charge in [-0.15, -0.1) is 0 Å². The molecular weight excluding hydrogens is 360 g/mol. The molecule has 2 heterocycles. The fourth-order valence-electron chi connectivity index (χ4n) is 4.75. The van der Waals surface area contributed by atoms with Crippen molar-refractivity contribution in [1.29, 1.82) is 0 Å². The number of benzene rings is 1. The molecule has 1 aromatic rings. The van der Waals surface area contributed by atoms with Gasteiger partial charge >= 0.3 is 0 Å². The van der Waals surface area contributed by atoms with Gasteiger partial charge in [0.1, 0.15) is 0 Å². The molecule has 0 aromatic heterocycles. The lowest BCUT2D eigenvalue weighted by atomic mass is 10.2. The number of anilines is 1. The lowest BCUT2D eigenvalue weighted by molar-refractivity contribution is -0.134. The lowest BCUT2D eigenvalue weighted by Crippen LogP contribution is -2.55. The van der Waals surface area contributed by atoms with E-state index in [4.69, 9.17) is 11.6 Å². The molecule has 1 aromatic carbocycles. The van der Waals surface area contributed by atoms with Crippen molar-refractivity contribution >= 4 is 23.2 Å². The molecule has 0 N–H and O–H groups in total. The molecule has 27 heavy (non-hydrogen) atoms. The Morgan fingerprint density at radius 2 is 1.59 bits per heavy atom.